The average molecular weight is 176 g/mol. The highest BCUT2D eigenvalue weighted by molar-refractivity contribution is 6.14. The third-order valence-corrected chi connectivity index (χ3v) is 1.73. The third kappa shape index (κ3) is 4.21. The first-order valence-electron chi connectivity index (χ1n) is 4.38. The Hall–Kier alpha value is -1.44. The first kappa shape index (κ1) is 9.65. The fourth-order valence-electron chi connectivity index (χ4n) is 1.03. The molecule has 0 aromatic carbocycles. The van der Waals surface area contributed by atoms with Gasteiger partial charge in [0.15, 0.2) is 11.6 Å². The van der Waals surface area contributed by atoms with Gasteiger partial charge in [-0.05, 0) is 43.6 Å². The van der Waals surface area contributed by atoms with E-state index in [0.29, 0.717) is 0 Å². The van der Waals surface area contributed by atoms with Gasteiger partial charge in [0.25, 0.3) is 0 Å². The minimum Gasteiger partial charge on any atom is -0.290 e. The molecule has 68 valence electrons. The Balaban J connectivity index is 0.000000145. The predicted molar refractivity (Wildman–Crippen MR) is 51.3 cm³/mol. The second kappa shape index (κ2) is 5.25. The van der Waals surface area contributed by atoms with E-state index >= 15 is 0 Å². The van der Waals surface area contributed by atoms with Crippen molar-refractivity contribution in [2.24, 2.45) is 0 Å². The lowest BCUT2D eigenvalue weighted by molar-refractivity contribution is -0.113. The zero-order chi connectivity index (χ0) is 9.52. The van der Waals surface area contributed by atoms with Crippen molar-refractivity contribution in [1.29, 1.82) is 0 Å². The maximum atomic E-state index is 10.3. The van der Waals surface area contributed by atoms with Crippen molar-refractivity contribution in [3.63, 3.8) is 0 Å². The van der Waals surface area contributed by atoms with Crippen LogP contribution >= 0.6 is 0 Å². The summed E-state index contributed by atoms with van der Waals surface area (Å²) in [7, 11) is 0. The molecule has 0 bridgehead atoms. The standard InChI is InChI=1S/C6H4O2.C5H8/c7-5-1-2-6(8)4-3-5;1-2-4-5-3-1/h1-4H;1-2H,3-5H2. The molecule has 2 rings (SSSR count). The Morgan fingerprint density at radius 1 is 0.769 bits per heavy atom. The number of rotatable bonds is 0. The summed E-state index contributed by atoms with van der Waals surface area (Å²) < 4.78 is 0. The molecular weight excluding hydrogens is 164 g/mol. The van der Waals surface area contributed by atoms with E-state index in [1.165, 1.54) is 43.6 Å². The number of carbonyl (C=O) groups excluding carboxylic acids is 2. The molecule has 0 fully saturated rings. The molecule has 0 aromatic rings. The first-order chi connectivity index (χ1) is 6.29. The van der Waals surface area contributed by atoms with E-state index in [1.54, 1.807) is 0 Å². The summed E-state index contributed by atoms with van der Waals surface area (Å²) >= 11 is 0. The molecule has 0 unspecified atom stereocenters. The van der Waals surface area contributed by atoms with E-state index in [4.69, 9.17) is 0 Å². The smallest absolute Gasteiger partial charge is 0.178 e. The molecule has 0 atom stereocenters. The Morgan fingerprint density at radius 3 is 1.38 bits per heavy atom. The summed E-state index contributed by atoms with van der Waals surface area (Å²) in [6.45, 7) is 0. The molecule has 0 amide bonds. The molecule has 2 nitrogen and oxygen atoms in total. The molecule has 2 heteroatoms. The molecule has 0 spiro atoms. The minimum atomic E-state index is -0.121. The van der Waals surface area contributed by atoms with Gasteiger partial charge in [-0.25, -0.2) is 0 Å². The van der Waals surface area contributed by atoms with E-state index in [9.17, 15) is 9.59 Å². The van der Waals surface area contributed by atoms with Gasteiger partial charge in [0.05, 0.1) is 0 Å². The van der Waals surface area contributed by atoms with Gasteiger partial charge < -0.3 is 0 Å². The maximum absolute atomic E-state index is 10.3. The van der Waals surface area contributed by atoms with Crippen LogP contribution in [0.4, 0.5) is 0 Å². The van der Waals surface area contributed by atoms with Crippen molar-refractivity contribution in [2.75, 3.05) is 0 Å². The lowest BCUT2D eigenvalue weighted by Gasteiger charge is -1.87. The summed E-state index contributed by atoms with van der Waals surface area (Å²) in [6, 6.07) is 0. The molecule has 0 N–H and O–H groups in total. The number of hydrogen-bond acceptors (Lipinski definition) is 2. The van der Waals surface area contributed by atoms with Crippen molar-refractivity contribution < 1.29 is 9.59 Å². The Labute approximate surface area is 77.6 Å². The lowest BCUT2D eigenvalue weighted by atomic mass is 10.2. The fraction of sp³-hybridized carbons (Fsp3) is 0.273. The molecule has 0 aliphatic heterocycles. The summed E-state index contributed by atoms with van der Waals surface area (Å²) in [5.41, 5.74) is 0. The van der Waals surface area contributed by atoms with Crippen molar-refractivity contribution in [3.8, 4) is 0 Å². The second-order valence-electron chi connectivity index (χ2n) is 2.87. The van der Waals surface area contributed by atoms with Crippen molar-refractivity contribution >= 4 is 11.6 Å². The quantitative estimate of drug-likeness (QED) is 0.417. The lowest BCUT2D eigenvalue weighted by Crippen LogP contribution is -1.97. The number of hydrogen-bond donors (Lipinski definition) is 0. The second-order valence-corrected chi connectivity index (χ2v) is 2.87. The third-order valence-electron chi connectivity index (χ3n) is 1.73. The Kier molecular flexibility index (Phi) is 3.89. The van der Waals surface area contributed by atoms with Gasteiger partial charge in [0, 0.05) is 0 Å². The monoisotopic (exact) mass is 176 g/mol. The molecule has 2 aliphatic rings. The van der Waals surface area contributed by atoms with E-state index in [0.717, 1.165) is 0 Å². The molecule has 0 radical (unpaired) electrons. The van der Waals surface area contributed by atoms with Gasteiger partial charge in [-0.3, -0.25) is 9.59 Å². The topological polar surface area (TPSA) is 34.1 Å². The van der Waals surface area contributed by atoms with Crippen LogP contribution in [-0.2, 0) is 9.59 Å². The van der Waals surface area contributed by atoms with Crippen LogP contribution in [-0.4, -0.2) is 11.6 Å². The van der Waals surface area contributed by atoms with Crippen molar-refractivity contribution in [1.82, 2.24) is 0 Å². The average Bonchev–Trinajstić information content (AvgIpc) is 2.68. The van der Waals surface area contributed by atoms with Crippen LogP contribution in [0.15, 0.2) is 36.5 Å². The molecule has 0 saturated heterocycles. The molecule has 0 aromatic heterocycles. The maximum Gasteiger partial charge on any atom is 0.178 e. The Morgan fingerprint density at radius 2 is 1.15 bits per heavy atom. The summed E-state index contributed by atoms with van der Waals surface area (Å²) in [4.78, 5) is 20.6. The SMILES string of the molecule is C1=CCCC1.O=C1C=CC(=O)C=C1. The van der Waals surface area contributed by atoms with Crippen LogP contribution in [0.25, 0.3) is 0 Å². The highest BCUT2D eigenvalue weighted by Gasteiger charge is 1.97. The Bertz CT molecular complexity index is 238. The van der Waals surface area contributed by atoms with Gasteiger partial charge >= 0.3 is 0 Å². The van der Waals surface area contributed by atoms with E-state index in [1.807, 2.05) is 0 Å². The van der Waals surface area contributed by atoms with E-state index in [2.05, 4.69) is 12.2 Å². The van der Waals surface area contributed by atoms with Gasteiger partial charge in [0.1, 0.15) is 0 Å². The van der Waals surface area contributed by atoms with Crippen molar-refractivity contribution in [2.45, 2.75) is 19.3 Å². The molecule has 13 heavy (non-hydrogen) atoms. The zero-order valence-corrected chi connectivity index (χ0v) is 7.40. The fourth-order valence-corrected chi connectivity index (χ4v) is 1.03. The summed E-state index contributed by atoms with van der Waals surface area (Å²) in [6.07, 6.45) is 13.5. The zero-order valence-electron chi connectivity index (χ0n) is 7.40. The van der Waals surface area contributed by atoms with Crippen molar-refractivity contribution in [3.05, 3.63) is 36.5 Å². The molecule has 2 aliphatic carbocycles. The van der Waals surface area contributed by atoms with Gasteiger partial charge in [-0.1, -0.05) is 12.2 Å². The van der Waals surface area contributed by atoms with Crippen LogP contribution in [0, 0.1) is 0 Å². The summed E-state index contributed by atoms with van der Waals surface area (Å²) in [5, 5.41) is 0. The van der Waals surface area contributed by atoms with E-state index in [-0.39, 0.29) is 11.6 Å². The van der Waals surface area contributed by atoms with Crippen LogP contribution in [0.3, 0.4) is 0 Å². The normalized spacial score (nSPS) is 18.8. The number of allylic oxidation sites excluding steroid dienone is 6. The number of ketones is 2. The van der Waals surface area contributed by atoms with Crippen LogP contribution in [0.2, 0.25) is 0 Å². The van der Waals surface area contributed by atoms with E-state index < -0.39 is 0 Å². The summed E-state index contributed by atoms with van der Waals surface area (Å²) in [5.74, 6) is -0.241. The van der Waals surface area contributed by atoms with Crippen LogP contribution in [0.5, 0.6) is 0 Å². The molecular formula is C11H12O2. The van der Waals surface area contributed by atoms with Gasteiger partial charge in [0.2, 0.25) is 0 Å². The van der Waals surface area contributed by atoms with Crippen LogP contribution < -0.4 is 0 Å². The van der Waals surface area contributed by atoms with Gasteiger partial charge in [-0.15, -0.1) is 0 Å². The first-order valence-corrected chi connectivity index (χ1v) is 4.38. The predicted octanol–water partition coefficient (Wildman–Crippen LogP) is 1.98. The highest BCUT2D eigenvalue weighted by atomic mass is 16.1. The van der Waals surface area contributed by atoms with Gasteiger partial charge in [-0.2, -0.15) is 0 Å². The largest absolute Gasteiger partial charge is 0.290 e. The molecule has 0 heterocycles. The molecule has 0 saturated carbocycles. The number of carbonyl (C=O) groups is 2. The minimum absolute atomic E-state index is 0.121. The van der Waals surface area contributed by atoms with Crippen LogP contribution in [0.1, 0.15) is 19.3 Å². The highest BCUT2D eigenvalue weighted by Crippen LogP contribution is 2.05.